The van der Waals surface area contributed by atoms with Crippen molar-refractivity contribution in [3.05, 3.63) is 24.5 Å². The number of fused-ring (bicyclic) bond motifs is 1. The second-order valence-electron chi connectivity index (χ2n) is 10.7. The number of methoxy groups -OCH3 is 1. The highest BCUT2D eigenvalue weighted by Gasteiger charge is 2.55. The minimum Gasteiger partial charge on any atom is -0.471 e. The van der Waals surface area contributed by atoms with Crippen LogP contribution < -0.4 is 0 Å². The largest absolute Gasteiger partial charge is 0.471 e. The molecule has 2 saturated heterocycles. The standard InChI is InChI=1S/C27H36O14/c1-4-12-13(5-6-28)16(10-38-26(12)41-27-22(32)21(31)20(30)18(8-29)40-27)23(33)39-17-7-14-15(11(17)2)9-37-25(35)19(14)24(34)36-3/h4,6,10-15,17-22,26-27,29-32H,1,5,7-9H2,2-3H3. The normalized spacial score (nSPS) is 42.1. The summed E-state index contributed by atoms with van der Waals surface area (Å²) in [5.74, 6) is -5.82. The molecule has 0 aromatic heterocycles. The second kappa shape index (κ2) is 13.0. The lowest BCUT2D eigenvalue weighted by atomic mass is 9.80. The van der Waals surface area contributed by atoms with E-state index in [1.165, 1.54) is 13.2 Å². The fourth-order valence-electron chi connectivity index (χ4n) is 6.20. The highest BCUT2D eigenvalue weighted by molar-refractivity contribution is 5.96. The molecule has 4 aliphatic rings. The van der Waals surface area contributed by atoms with Crippen LogP contribution in [0.15, 0.2) is 24.5 Å². The van der Waals surface area contributed by atoms with Gasteiger partial charge < -0.3 is 53.6 Å². The fraction of sp³-hybridized carbons (Fsp3) is 0.704. The summed E-state index contributed by atoms with van der Waals surface area (Å²) in [6, 6.07) is 0. The summed E-state index contributed by atoms with van der Waals surface area (Å²) in [6.45, 7) is 5.02. The van der Waals surface area contributed by atoms with Gasteiger partial charge in [0.15, 0.2) is 12.2 Å². The molecule has 13 unspecified atom stereocenters. The molecule has 14 heteroatoms. The van der Waals surface area contributed by atoms with E-state index in [1.54, 1.807) is 0 Å². The van der Waals surface area contributed by atoms with E-state index in [9.17, 15) is 39.6 Å². The van der Waals surface area contributed by atoms with Crippen LogP contribution in [0.2, 0.25) is 0 Å². The third-order valence-corrected chi connectivity index (χ3v) is 8.61. The van der Waals surface area contributed by atoms with Crippen LogP contribution in [0.3, 0.4) is 0 Å². The summed E-state index contributed by atoms with van der Waals surface area (Å²) in [5.41, 5.74) is 0.0227. The monoisotopic (exact) mass is 584 g/mol. The van der Waals surface area contributed by atoms with Crippen molar-refractivity contribution in [3.8, 4) is 0 Å². The van der Waals surface area contributed by atoms with Crippen molar-refractivity contribution in [1.29, 1.82) is 0 Å². The first-order valence-corrected chi connectivity index (χ1v) is 13.4. The van der Waals surface area contributed by atoms with E-state index in [4.69, 9.17) is 28.4 Å². The van der Waals surface area contributed by atoms with Gasteiger partial charge >= 0.3 is 17.9 Å². The van der Waals surface area contributed by atoms with Crippen molar-refractivity contribution < 1.29 is 68.0 Å². The summed E-state index contributed by atoms with van der Waals surface area (Å²) in [5, 5.41) is 39.9. The molecule has 3 aliphatic heterocycles. The minimum absolute atomic E-state index is 0.0227. The van der Waals surface area contributed by atoms with Gasteiger partial charge in [-0.05, 0) is 18.3 Å². The van der Waals surface area contributed by atoms with E-state index < -0.39 is 91.3 Å². The number of aldehydes is 1. The summed E-state index contributed by atoms with van der Waals surface area (Å²) >= 11 is 0. The van der Waals surface area contributed by atoms with E-state index in [0.717, 1.165) is 6.26 Å². The Morgan fingerprint density at radius 3 is 2.51 bits per heavy atom. The van der Waals surface area contributed by atoms with Gasteiger partial charge in [0, 0.05) is 24.2 Å². The SMILES string of the molecule is C=CC1C(OC2OC(CO)C(O)C(O)C2O)OC=C(C(=O)OC2CC3C(C(=O)OC)C(=O)OCC3C2C)C1CC=O. The number of esters is 3. The van der Waals surface area contributed by atoms with Gasteiger partial charge in [0.2, 0.25) is 6.29 Å². The Morgan fingerprint density at radius 2 is 1.88 bits per heavy atom. The highest BCUT2D eigenvalue weighted by atomic mass is 16.8. The Kier molecular flexibility index (Phi) is 9.82. The topological polar surface area (TPSA) is 205 Å². The number of hydrogen-bond acceptors (Lipinski definition) is 14. The van der Waals surface area contributed by atoms with E-state index in [0.29, 0.717) is 6.29 Å². The molecule has 41 heavy (non-hydrogen) atoms. The lowest BCUT2D eigenvalue weighted by Gasteiger charge is -2.43. The molecule has 228 valence electrons. The van der Waals surface area contributed by atoms with Crippen molar-refractivity contribution in [2.45, 2.75) is 62.9 Å². The van der Waals surface area contributed by atoms with Crippen molar-refractivity contribution in [2.75, 3.05) is 20.3 Å². The minimum atomic E-state index is -1.70. The Bertz CT molecular complexity index is 1030. The van der Waals surface area contributed by atoms with Crippen molar-refractivity contribution in [3.63, 3.8) is 0 Å². The Balaban J connectivity index is 1.49. The average molecular weight is 585 g/mol. The van der Waals surface area contributed by atoms with Gasteiger partial charge in [0.1, 0.15) is 36.8 Å². The zero-order valence-electron chi connectivity index (χ0n) is 22.6. The number of rotatable bonds is 9. The molecule has 4 rings (SSSR count). The Morgan fingerprint density at radius 1 is 1.15 bits per heavy atom. The Hall–Kier alpha value is -2.88. The van der Waals surface area contributed by atoms with Crippen LogP contribution in [-0.2, 0) is 47.6 Å². The molecule has 0 amide bonds. The molecule has 1 saturated carbocycles. The Labute approximate surface area is 235 Å². The molecule has 3 fully saturated rings. The number of hydrogen-bond donors (Lipinski definition) is 4. The first kappa shape index (κ1) is 31.1. The maximum absolute atomic E-state index is 13.4. The van der Waals surface area contributed by atoms with Gasteiger partial charge in [-0.25, -0.2) is 4.79 Å². The molecule has 0 radical (unpaired) electrons. The van der Waals surface area contributed by atoms with Crippen LogP contribution in [-0.4, -0.2) is 108 Å². The third kappa shape index (κ3) is 5.90. The quantitative estimate of drug-likeness (QED) is 0.0808. The van der Waals surface area contributed by atoms with Crippen LogP contribution in [0.25, 0.3) is 0 Å². The van der Waals surface area contributed by atoms with E-state index in [-0.39, 0.29) is 36.9 Å². The number of aliphatic hydroxyl groups excluding tert-OH is 4. The van der Waals surface area contributed by atoms with Gasteiger partial charge in [0.25, 0.3) is 0 Å². The summed E-state index contributed by atoms with van der Waals surface area (Å²) in [4.78, 5) is 49.6. The fourth-order valence-corrected chi connectivity index (χ4v) is 6.20. The third-order valence-electron chi connectivity index (χ3n) is 8.61. The van der Waals surface area contributed by atoms with E-state index in [2.05, 4.69) is 6.58 Å². The molecular formula is C27H36O14. The second-order valence-corrected chi connectivity index (χ2v) is 10.7. The van der Waals surface area contributed by atoms with Crippen LogP contribution in [0.5, 0.6) is 0 Å². The van der Waals surface area contributed by atoms with Crippen molar-refractivity contribution >= 4 is 24.2 Å². The summed E-state index contributed by atoms with van der Waals surface area (Å²) < 4.78 is 32.6. The molecule has 14 nitrogen and oxygen atoms in total. The van der Waals surface area contributed by atoms with Gasteiger partial charge in [-0.2, -0.15) is 0 Å². The zero-order valence-corrected chi connectivity index (χ0v) is 22.6. The van der Waals surface area contributed by atoms with Gasteiger partial charge in [-0.1, -0.05) is 13.0 Å². The molecule has 1 aliphatic carbocycles. The number of cyclic esters (lactones) is 1. The molecule has 13 atom stereocenters. The van der Waals surface area contributed by atoms with Crippen LogP contribution in [0, 0.1) is 35.5 Å². The molecule has 0 spiro atoms. The van der Waals surface area contributed by atoms with Crippen molar-refractivity contribution in [2.24, 2.45) is 35.5 Å². The number of carbonyl (C=O) groups is 4. The summed E-state index contributed by atoms with van der Waals surface area (Å²) in [7, 11) is 1.18. The number of carbonyl (C=O) groups excluding carboxylic acids is 4. The van der Waals surface area contributed by atoms with Gasteiger partial charge in [-0.3, -0.25) is 9.59 Å². The number of aliphatic hydroxyl groups is 4. The molecule has 3 heterocycles. The van der Waals surface area contributed by atoms with Crippen molar-refractivity contribution in [1.82, 2.24) is 0 Å². The van der Waals surface area contributed by atoms with E-state index in [1.807, 2.05) is 6.92 Å². The smallest absolute Gasteiger partial charge is 0.337 e. The molecule has 0 bridgehead atoms. The molecule has 0 aromatic rings. The van der Waals surface area contributed by atoms with Gasteiger partial charge in [0.05, 0.1) is 32.2 Å². The lowest BCUT2D eigenvalue weighted by molar-refractivity contribution is -0.339. The first-order chi connectivity index (χ1) is 19.6. The summed E-state index contributed by atoms with van der Waals surface area (Å²) in [6.07, 6.45) is -6.42. The maximum atomic E-state index is 13.4. The maximum Gasteiger partial charge on any atom is 0.337 e. The van der Waals surface area contributed by atoms with E-state index >= 15 is 0 Å². The van der Waals surface area contributed by atoms with Crippen LogP contribution in [0.1, 0.15) is 19.8 Å². The van der Waals surface area contributed by atoms with Gasteiger partial charge in [-0.15, -0.1) is 6.58 Å². The highest BCUT2D eigenvalue weighted by Crippen LogP contribution is 2.47. The predicted octanol–water partition coefficient (Wildman–Crippen LogP) is -1.42. The molecule has 4 N–H and O–H groups in total. The van der Waals surface area contributed by atoms with Crippen LogP contribution in [0.4, 0.5) is 0 Å². The average Bonchev–Trinajstić information content (AvgIpc) is 3.27. The lowest BCUT2D eigenvalue weighted by Crippen LogP contribution is -2.60. The predicted molar refractivity (Wildman–Crippen MR) is 133 cm³/mol. The zero-order chi connectivity index (χ0) is 30.0. The number of ether oxygens (including phenoxy) is 6. The van der Waals surface area contributed by atoms with Crippen LogP contribution >= 0.6 is 0 Å². The first-order valence-electron chi connectivity index (χ1n) is 13.4. The molecule has 0 aromatic carbocycles. The molecular weight excluding hydrogens is 548 g/mol.